The van der Waals surface area contributed by atoms with Gasteiger partial charge in [0.25, 0.3) is 0 Å². The molecule has 2 aromatic rings. The van der Waals surface area contributed by atoms with E-state index in [1.807, 2.05) is 36.3 Å². The number of carbonyl (C=O) groups is 1. The van der Waals surface area contributed by atoms with Crippen molar-refractivity contribution >= 4 is 5.91 Å². The smallest absolute Gasteiger partial charge is 0.231 e. The van der Waals surface area contributed by atoms with Crippen molar-refractivity contribution in [3.63, 3.8) is 0 Å². The lowest BCUT2D eigenvalue weighted by molar-refractivity contribution is -0.176. The summed E-state index contributed by atoms with van der Waals surface area (Å²) < 4.78 is 0. The van der Waals surface area contributed by atoms with Crippen molar-refractivity contribution < 1.29 is 4.79 Å². The van der Waals surface area contributed by atoms with Crippen LogP contribution in [0.25, 0.3) is 0 Å². The number of carbonyl (C=O) groups excluding carboxylic acids is 1. The number of benzene rings is 1. The van der Waals surface area contributed by atoms with Gasteiger partial charge in [0.05, 0.1) is 17.2 Å². The first-order valence-corrected chi connectivity index (χ1v) is 8.65. The minimum Gasteiger partial charge on any atom is -0.337 e. The molecule has 2 aliphatic heterocycles. The van der Waals surface area contributed by atoms with Gasteiger partial charge in [-0.15, -0.1) is 0 Å². The average Bonchev–Trinajstić information content (AvgIpc) is 2.64. The minimum absolute atomic E-state index is 0.198. The normalized spacial score (nSPS) is 23.3. The maximum Gasteiger partial charge on any atom is 0.231 e. The highest BCUT2D eigenvalue weighted by molar-refractivity contribution is 5.90. The number of amides is 1. The van der Waals surface area contributed by atoms with E-state index in [-0.39, 0.29) is 11.5 Å². The Morgan fingerprint density at radius 1 is 1.08 bits per heavy atom. The molecular formula is C20H23N3O. The van der Waals surface area contributed by atoms with Crippen LogP contribution < -0.4 is 0 Å². The number of hydrogen-bond acceptors (Lipinski definition) is 3. The van der Waals surface area contributed by atoms with Crippen LogP contribution in [0.15, 0.2) is 54.7 Å². The van der Waals surface area contributed by atoms with Crippen LogP contribution in [0, 0.1) is 5.41 Å². The van der Waals surface area contributed by atoms with Crippen molar-refractivity contribution in [2.75, 3.05) is 20.1 Å². The summed E-state index contributed by atoms with van der Waals surface area (Å²) in [6.07, 6.45) is 3.71. The maximum atomic E-state index is 12.7. The fourth-order valence-electron chi connectivity index (χ4n) is 4.39. The highest BCUT2D eigenvalue weighted by atomic mass is 16.2. The molecule has 24 heavy (non-hydrogen) atoms. The summed E-state index contributed by atoms with van der Waals surface area (Å²) in [5, 5.41) is 0. The molecule has 1 spiro atoms. The van der Waals surface area contributed by atoms with Gasteiger partial charge < -0.3 is 4.90 Å². The first-order chi connectivity index (χ1) is 11.7. The maximum absolute atomic E-state index is 12.7. The van der Waals surface area contributed by atoms with E-state index in [1.165, 1.54) is 5.56 Å². The number of rotatable bonds is 3. The molecule has 1 aromatic heterocycles. The van der Waals surface area contributed by atoms with Gasteiger partial charge in [-0.3, -0.25) is 14.7 Å². The van der Waals surface area contributed by atoms with Gasteiger partial charge in [-0.1, -0.05) is 36.4 Å². The second-order valence-corrected chi connectivity index (χ2v) is 6.98. The van der Waals surface area contributed by atoms with E-state index in [0.29, 0.717) is 5.91 Å². The number of aromatic nitrogens is 1. The fraction of sp³-hybridized carbons (Fsp3) is 0.400. The molecule has 0 unspecified atom stereocenters. The zero-order valence-electron chi connectivity index (χ0n) is 14.1. The third-order valence-corrected chi connectivity index (χ3v) is 5.63. The summed E-state index contributed by atoms with van der Waals surface area (Å²) in [6, 6.07) is 16.7. The molecule has 1 amide bonds. The van der Waals surface area contributed by atoms with E-state index < -0.39 is 0 Å². The molecule has 0 N–H and O–H groups in total. The van der Waals surface area contributed by atoms with Crippen LogP contribution in [-0.2, 0) is 11.3 Å². The Kier molecular flexibility index (Phi) is 3.85. The van der Waals surface area contributed by atoms with Crippen LogP contribution >= 0.6 is 0 Å². The number of piperidine rings is 1. The highest BCUT2D eigenvalue weighted by Gasteiger charge is 2.59. The zero-order valence-corrected chi connectivity index (χ0v) is 14.1. The van der Waals surface area contributed by atoms with Gasteiger partial charge >= 0.3 is 0 Å². The van der Waals surface area contributed by atoms with Crippen LogP contribution in [0.2, 0.25) is 0 Å². The van der Waals surface area contributed by atoms with Gasteiger partial charge in [0.15, 0.2) is 0 Å². The third kappa shape index (κ3) is 2.42. The molecule has 0 radical (unpaired) electrons. The van der Waals surface area contributed by atoms with Crippen molar-refractivity contribution in [3.8, 4) is 0 Å². The van der Waals surface area contributed by atoms with Gasteiger partial charge in [-0.2, -0.15) is 0 Å². The number of pyridine rings is 1. The van der Waals surface area contributed by atoms with E-state index in [9.17, 15) is 4.79 Å². The van der Waals surface area contributed by atoms with E-state index in [4.69, 9.17) is 0 Å². The van der Waals surface area contributed by atoms with E-state index >= 15 is 0 Å². The largest absolute Gasteiger partial charge is 0.337 e. The summed E-state index contributed by atoms with van der Waals surface area (Å²) in [4.78, 5) is 21.4. The van der Waals surface area contributed by atoms with Crippen LogP contribution in [0.5, 0.6) is 0 Å². The highest BCUT2D eigenvalue weighted by Crippen LogP contribution is 2.55. The predicted molar refractivity (Wildman–Crippen MR) is 93.1 cm³/mol. The van der Waals surface area contributed by atoms with E-state index in [2.05, 4.69) is 40.2 Å². The Morgan fingerprint density at radius 2 is 1.79 bits per heavy atom. The Bertz CT molecular complexity index is 708. The molecule has 0 aliphatic carbocycles. The molecule has 2 aliphatic rings. The Morgan fingerprint density at radius 3 is 2.46 bits per heavy atom. The van der Waals surface area contributed by atoms with Crippen molar-refractivity contribution in [2.45, 2.75) is 25.4 Å². The second-order valence-electron chi connectivity index (χ2n) is 6.98. The molecule has 4 rings (SSSR count). The van der Waals surface area contributed by atoms with Gasteiger partial charge in [-0.05, 0) is 43.6 Å². The molecule has 3 heterocycles. The van der Waals surface area contributed by atoms with E-state index in [1.54, 1.807) is 0 Å². The Labute approximate surface area is 143 Å². The Hall–Kier alpha value is -2.20. The van der Waals surface area contributed by atoms with Crippen LogP contribution in [0.3, 0.4) is 0 Å². The molecular weight excluding hydrogens is 298 g/mol. The van der Waals surface area contributed by atoms with Crippen molar-refractivity contribution in [1.82, 2.24) is 14.8 Å². The fourth-order valence-corrected chi connectivity index (χ4v) is 4.39. The average molecular weight is 321 g/mol. The van der Waals surface area contributed by atoms with Crippen LogP contribution in [-0.4, -0.2) is 40.8 Å². The quantitative estimate of drug-likeness (QED) is 0.816. The van der Waals surface area contributed by atoms with Crippen molar-refractivity contribution in [1.29, 1.82) is 0 Å². The second kappa shape index (κ2) is 6.02. The van der Waals surface area contributed by atoms with Gasteiger partial charge in [0.2, 0.25) is 5.91 Å². The summed E-state index contributed by atoms with van der Waals surface area (Å²) in [5.41, 5.74) is 2.17. The minimum atomic E-state index is -0.198. The van der Waals surface area contributed by atoms with Gasteiger partial charge in [0, 0.05) is 19.8 Å². The summed E-state index contributed by atoms with van der Waals surface area (Å²) >= 11 is 0. The van der Waals surface area contributed by atoms with E-state index in [0.717, 1.165) is 38.2 Å². The lowest BCUT2D eigenvalue weighted by Crippen LogP contribution is -2.64. The number of hydrogen-bond donors (Lipinski definition) is 0. The lowest BCUT2D eigenvalue weighted by Gasteiger charge is -2.58. The van der Waals surface area contributed by atoms with Crippen LogP contribution in [0.4, 0.5) is 0 Å². The van der Waals surface area contributed by atoms with Crippen molar-refractivity contribution in [2.24, 2.45) is 5.41 Å². The zero-order chi connectivity index (χ0) is 16.6. The standard InChI is InChI=1S/C20H23N3O/c1-22-18(16-7-3-2-4-8-16)20(19(22)24)10-13-23(14-11-20)15-17-9-5-6-12-21-17/h2-9,12,18H,10-11,13-15H2,1H3/t18-/m0/s1. The molecule has 1 atom stereocenters. The first-order valence-electron chi connectivity index (χ1n) is 8.65. The topological polar surface area (TPSA) is 36.4 Å². The first kappa shape index (κ1) is 15.3. The molecule has 0 saturated carbocycles. The van der Waals surface area contributed by atoms with Crippen LogP contribution in [0.1, 0.15) is 30.1 Å². The molecule has 2 fully saturated rings. The summed E-state index contributed by atoms with van der Waals surface area (Å²) in [5.74, 6) is 0.314. The molecule has 2 saturated heterocycles. The Balaban J connectivity index is 1.48. The summed E-state index contributed by atoms with van der Waals surface area (Å²) in [6.45, 7) is 2.79. The lowest BCUT2D eigenvalue weighted by atomic mass is 9.62. The molecule has 0 bridgehead atoms. The summed E-state index contributed by atoms with van der Waals surface area (Å²) in [7, 11) is 1.94. The van der Waals surface area contributed by atoms with Crippen molar-refractivity contribution in [3.05, 3.63) is 66.0 Å². The number of likely N-dealkylation sites (tertiary alicyclic amines) is 2. The van der Waals surface area contributed by atoms with Gasteiger partial charge in [0.1, 0.15) is 0 Å². The van der Waals surface area contributed by atoms with Gasteiger partial charge in [-0.25, -0.2) is 0 Å². The molecule has 4 nitrogen and oxygen atoms in total. The SMILES string of the molecule is CN1C(=O)C2(CCN(Cc3ccccn3)CC2)[C@@H]1c1ccccc1. The predicted octanol–water partition coefficient (Wildman–Crippen LogP) is 2.88. The third-order valence-electron chi connectivity index (χ3n) is 5.63. The molecule has 124 valence electrons. The number of β-lactam (4-membered cyclic amide) rings is 1. The molecule has 1 aromatic carbocycles. The monoisotopic (exact) mass is 321 g/mol. The molecule has 4 heteroatoms. The number of nitrogens with zero attached hydrogens (tertiary/aromatic N) is 3.